The van der Waals surface area contributed by atoms with Crippen LogP contribution in [-0.2, 0) is 6.54 Å². The summed E-state index contributed by atoms with van der Waals surface area (Å²) in [6, 6.07) is 5.26. The van der Waals surface area contributed by atoms with Crippen molar-refractivity contribution in [3.05, 3.63) is 47.5 Å². The van der Waals surface area contributed by atoms with Crippen LogP contribution in [0, 0.1) is 6.92 Å². The van der Waals surface area contributed by atoms with E-state index in [1.807, 2.05) is 13.0 Å². The molecule has 0 bridgehead atoms. The zero-order chi connectivity index (χ0) is 13.8. The predicted octanol–water partition coefficient (Wildman–Crippen LogP) is 0.879. The maximum atomic E-state index is 11.8. The lowest BCUT2D eigenvalue weighted by Gasteiger charge is -2.07. The van der Waals surface area contributed by atoms with Crippen LogP contribution in [0.2, 0.25) is 0 Å². The van der Waals surface area contributed by atoms with E-state index in [-0.39, 0.29) is 11.6 Å². The summed E-state index contributed by atoms with van der Waals surface area (Å²) >= 11 is 0. The number of rotatable bonds is 3. The summed E-state index contributed by atoms with van der Waals surface area (Å²) in [5.41, 5.74) is 14.3. The Morgan fingerprint density at radius 2 is 2.00 bits per heavy atom. The van der Waals surface area contributed by atoms with Crippen LogP contribution in [0.25, 0.3) is 0 Å². The minimum atomic E-state index is -0.275. The molecule has 1 heterocycles. The van der Waals surface area contributed by atoms with Gasteiger partial charge in [0.25, 0.3) is 5.91 Å². The summed E-state index contributed by atoms with van der Waals surface area (Å²) in [6.07, 6.45) is 3.00. The molecule has 0 spiro atoms. The molecule has 6 heteroatoms. The third-order valence-electron chi connectivity index (χ3n) is 2.62. The molecule has 2 aromatic rings. The average molecular weight is 257 g/mol. The number of carbonyl (C=O) groups is 1. The summed E-state index contributed by atoms with van der Waals surface area (Å²) in [5.74, 6) is -0.275. The van der Waals surface area contributed by atoms with Gasteiger partial charge in [0.15, 0.2) is 0 Å². The van der Waals surface area contributed by atoms with Gasteiger partial charge in [-0.2, -0.15) is 0 Å². The number of aromatic nitrogens is 2. The number of nitrogens with one attached hydrogen (secondary N) is 1. The van der Waals surface area contributed by atoms with Gasteiger partial charge < -0.3 is 16.8 Å². The van der Waals surface area contributed by atoms with E-state index in [1.54, 1.807) is 18.3 Å². The van der Waals surface area contributed by atoms with Gasteiger partial charge in [-0.25, -0.2) is 4.98 Å². The number of nitrogens with zero attached hydrogens (tertiary/aromatic N) is 2. The topological polar surface area (TPSA) is 107 Å². The number of hydrogen-bond donors (Lipinski definition) is 3. The second kappa shape index (κ2) is 5.34. The molecule has 1 aromatic carbocycles. The van der Waals surface area contributed by atoms with Crippen molar-refractivity contribution < 1.29 is 4.79 Å². The van der Waals surface area contributed by atoms with Crippen molar-refractivity contribution in [2.24, 2.45) is 0 Å². The number of nitrogen functional groups attached to an aromatic ring is 2. The predicted molar refractivity (Wildman–Crippen MR) is 73.2 cm³/mol. The van der Waals surface area contributed by atoms with Crippen LogP contribution in [0.1, 0.15) is 21.7 Å². The molecule has 0 radical (unpaired) electrons. The SMILES string of the molecule is Cc1cnc(C(=O)NCc2ccc(N)c(N)c2)cn1. The molecule has 0 atom stereocenters. The summed E-state index contributed by atoms with van der Waals surface area (Å²) in [6.45, 7) is 2.17. The van der Waals surface area contributed by atoms with Gasteiger partial charge in [0.05, 0.1) is 23.3 Å². The molecule has 5 N–H and O–H groups in total. The lowest BCUT2D eigenvalue weighted by molar-refractivity contribution is 0.0945. The summed E-state index contributed by atoms with van der Waals surface area (Å²) in [4.78, 5) is 19.8. The van der Waals surface area contributed by atoms with Gasteiger partial charge in [0.2, 0.25) is 0 Å². The lowest BCUT2D eigenvalue weighted by Crippen LogP contribution is -2.24. The minimum Gasteiger partial charge on any atom is -0.397 e. The van der Waals surface area contributed by atoms with Crippen molar-refractivity contribution in [2.75, 3.05) is 11.5 Å². The number of aryl methyl sites for hydroxylation is 1. The van der Waals surface area contributed by atoms with Gasteiger partial charge in [-0.3, -0.25) is 9.78 Å². The van der Waals surface area contributed by atoms with Gasteiger partial charge in [-0.05, 0) is 24.6 Å². The van der Waals surface area contributed by atoms with Crippen molar-refractivity contribution in [3.8, 4) is 0 Å². The van der Waals surface area contributed by atoms with Crippen LogP contribution in [0.3, 0.4) is 0 Å². The minimum absolute atomic E-state index is 0.275. The molecule has 1 amide bonds. The smallest absolute Gasteiger partial charge is 0.271 e. The van der Waals surface area contributed by atoms with Crippen LogP contribution in [0.4, 0.5) is 11.4 Å². The Morgan fingerprint density at radius 3 is 2.63 bits per heavy atom. The van der Waals surface area contributed by atoms with E-state index in [0.717, 1.165) is 11.3 Å². The first-order valence-electron chi connectivity index (χ1n) is 5.77. The van der Waals surface area contributed by atoms with Crippen molar-refractivity contribution in [3.63, 3.8) is 0 Å². The van der Waals surface area contributed by atoms with E-state index >= 15 is 0 Å². The first-order chi connectivity index (χ1) is 9.06. The Morgan fingerprint density at radius 1 is 1.21 bits per heavy atom. The number of amides is 1. The van der Waals surface area contributed by atoms with E-state index in [0.29, 0.717) is 17.9 Å². The zero-order valence-electron chi connectivity index (χ0n) is 10.6. The standard InChI is InChI=1S/C13H15N5O/c1-8-5-17-12(7-16-8)13(19)18-6-9-2-3-10(14)11(15)4-9/h2-5,7H,6,14-15H2,1H3,(H,18,19). The molecule has 0 saturated heterocycles. The van der Waals surface area contributed by atoms with Gasteiger partial charge in [-0.15, -0.1) is 0 Å². The average Bonchev–Trinajstić information content (AvgIpc) is 2.40. The highest BCUT2D eigenvalue weighted by molar-refractivity contribution is 5.91. The fraction of sp³-hybridized carbons (Fsp3) is 0.154. The zero-order valence-corrected chi connectivity index (χ0v) is 10.6. The van der Waals surface area contributed by atoms with E-state index in [9.17, 15) is 4.79 Å². The molecule has 0 aliphatic rings. The molecule has 6 nitrogen and oxygen atoms in total. The lowest BCUT2D eigenvalue weighted by atomic mass is 10.2. The maximum absolute atomic E-state index is 11.8. The molecule has 98 valence electrons. The van der Waals surface area contributed by atoms with Gasteiger partial charge in [0, 0.05) is 12.7 Å². The fourth-order valence-electron chi connectivity index (χ4n) is 1.52. The second-order valence-corrected chi connectivity index (χ2v) is 4.19. The van der Waals surface area contributed by atoms with E-state index in [4.69, 9.17) is 11.5 Å². The van der Waals surface area contributed by atoms with Crippen LogP contribution in [-0.4, -0.2) is 15.9 Å². The number of nitrogens with two attached hydrogens (primary N) is 2. The Kier molecular flexibility index (Phi) is 3.61. The van der Waals surface area contributed by atoms with Crippen molar-refractivity contribution in [2.45, 2.75) is 13.5 Å². The quantitative estimate of drug-likeness (QED) is 0.707. The van der Waals surface area contributed by atoms with Gasteiger partial charge in [-0.1, -0.05) is 6.07 Å². The van der Waals surface area contributed by atoms with E-state index in [1.165, 1.54) is 6.20 Å². The Bertz CT molecular complexity index is 594. The van der Waals surface area contributed by atoms with Crippen molar-refractivity contribution in [1.82, 2.24) is 15.3 Å². The van der Waals surface area contributed by atoms with E-state index < -0.39 is 0 Å². The molecule has 1 aromatic heterocycles. The molecular weight excluding hydrogens is 242 g/mol. The highest BCUT2D eigenvalue weighted by atomic mass is 16.1. The number of hydrogen-bond acceptors (Lipinski definition) is 5. The van der Waals surface area contributed by atoms with Crippen LogP contribution < -0.4 is 16.8 Å². The van der Waals surface area contributed by atoms with E-state index in [2.05, 4.69) is 15.3 Å². The number of carbonyl (C=O) groups excluding carboxylic acids is 1. The monoisotopic (exact) mass is 257 g/mol. The summed E-state index contributed by atoms with van der Waals surface area (Å²) in [7, 11) is 0. The first-order valence-corrected chi connectivity index (χ1v) is 5.77. The third-order valence-corrected chi connectivity index (χ3v) is 2.62. The molecule has 0 aliphatic carbocycles. The number of anilines is 2. The highest BCUT2D eigenvalue weighted by Crippen LogP contribution is 2.15. The normalized spacial score (nSPS) is 10.2. The largest absolute Gasteiger partial charge is 0.397 e. The van der Waals surface area contributed by atoms with Crippen LogP contribution in [0.15, 0.2) is 30.6 Å². The van der Waals surface area contributed by atoms with Crippen LogP contribution in [0.5, 0.6) is 0 Å². The summed E-state index contributed by atoms with van der Waals surface area (Å²) in [5, 5.41) is 2.74. The molecular formula is C13H15N5O. The highest BCUT2D eigenvalue weighted by Gasteiger charge is 2.07. The Hall–Kier alpha value is -2.63. The van der Waals surface area contributed by atoms with Crippen molar-refractivity contribution >= 4 is 17.3 Å². The summed E-state index contributed by atoms with van der Waals surface area (Å²) < 4.78 is 0. The fourth-order valence-corrected chi connectivity index (χ4v) is 1.52. The Balaban J connectivity index is 2.00. The molecule has 0 fully saturated rings. The molecule has 0 aliphatic heterocycles. The maximum Gasteiger partial charge on any atom is 0.271 e. The Labute approximate surface area is 110 Å². The third kappa shape index (κ3) is 3.19. The molecule has 19 heavy (non-hydrogen) atoms. The molecule has 0 unspecified atom stereocenters. The molecule has 2 rings (SSSR count). The molecule has 0 saturated carbocycles. The van der Waals surface area contributed by atoms with Gasteiger partial charge >= 0.3 is 0 Å². The number of benzene rings is 1. The second-order valence-electron chi connectivity index (χ2n) is 4.19. The van der Waals surface area contributed by atoms with Crippen LogP contribution >= 0.6 is 0 Å². The first kappa shape index (κ1) is 12.8. The van der Waals surface area contributed by atoms with Crippen molar-refractivity contribution in [1.29, 1.82) is 0 Å². The van der Waals surface area contributed by atoms with Gasteiger partial charge in [0.1, 0.15) is 5.69 Å².